The molecule has 0 saturated heterocycles. The number of amides is 2. The average molecular weight is 386 g/mol. The van der Waals surface area contributed by atoms with Crippen LogP contribution in [0, 0.1) is 13.8 Å². The van der Waals surface area contributed by atoms with Gasteiger partial charge >= 0.3 is 0 Å². The molecule has 6 heteroatoms. The number of carbonyl (C=O) groups is 2. The summed E-state index contributed by atoms with van der Waals surface area (Å²) >= 11 is 1.72. The van der Waals surface area contributed by atoms with E-state index in [1.54, 1.807) is 18.4 Å². The summed E-state index contributed by atoms with van der Waals surface area (Å²) in [7, 11) is 1.70. The van der Waals surface area contributed by atoms with Crippen molar-refractivity contribution in [3.05, 3.63) is 51.7 Å². The molecule has 0 aliphatic heterocycles. The van der Waals surface area contributed by atoms with Gasteiger partial charge in [-0.05, 0) is 49.3 Å². The van der Waals surface area contributed by atoms with E-state index in [-0.39, 0.29) is 18.4 Å². The lowest BCUT2D eigenvalue weighted by atomic mass is 10.1. The van der Waals surface area contributed by atoms with Crippen LogP contribution in [0.1, 0.15) is 28.8 Å². The molecule has 27 heavy (non-hydrogen) atoms. The minimum absolute atomic E-state index is 0.0184. The van der Waals surface area contributed by atoms with Crippen molar-refractivity contribution in [2.45, 2.75) is 39.3 Å². The molecule has 144 valence electrons. The maximum Gasteiger partial charge on any atom is 0.243 e. The van der Waals surface area contributed by atoms with Crippen molar-refractivity contribution in [3.63, 3.8) is 0 Å². The van der Waals surface area contributed by atoms with Crippen LogP contribution in [0.3, 0.4) is 0 Å². The summed E-state index contributed by atoms with van der Waals surface area (Å²) in [5.41, 5.74) is 2.88. The van der Waals surface area contributed by atoms with Crippen LogP contribution in [-0.4, -0.2) is 47.8 Å². The van der Waals surface area contributed by atoms with E-state index < -0.39 is 0 Å². The highest BCUT2D eigenvalue weighted by molar-refractivity contribution is 7.09. The first kappa shape index (κ1) is 19.6. The first-order valence-corrected chi connectivity index (χ1v) is 10.2. The number of para-hydroxylation sites is 1. The van der Waals surface area contributed by atoms with Crippen molar-refractivity contribution < 1.29 is 9.59 Å². The summed E-state index contributed by atoms with van der Waals surface area (Å²) in [4.78, 5) is 30.1. The van der Waals surface area contributed by atoms with Crippen molar-refractivity contribution in [1.29, 1.82) is 0 Å². The average Bonchev–Trinajstić information content (AvgIpc) is 3.35. The maximum absolute atomic E-state index is 12.6. The highest BCUT2D eigenvalue weighted by atomic mass is 32.1. The van der Waals surface area contributed by atoms with Crippen molar-refractivity contribution >= 4 is 28.8 Å². The van der Waals surface area contributed by atoms with Crippen molar-refractivity contribution in [1.82, 2.24) is 9.80 Å². The van der Waals surface area contributed by atoms with Gasteiger partial charge in [0.25, 0.3) is 0 Å². The van der Waals surface area contributed by atoms with Gasteiger partial charge < -0.3 is 10.2 Å². The smallest absolute Gasteiger partial charge is 0.243 e. The number of carbonyl (C=O) groups excluding carboxylic acids is 2. The normalized spacial score (nSPS) is 13.6. The number of benzene rings is 1. The van der Waals surface area contributed by atoms with Gasteiger partial charge in [0.2, 0.25) is 11.8 Å². The molecule has 3 rings (SSSR count). The largest absolute Gasteiger partial charge is 0.335 e. The van der Waals surface area contributed by atoms with Crippen LogP contribution in [0.5, 0.6) is 0 Å². The third kappa shape index (κ3) is 5.40. The molecular formula is C21H27N3O2S. The number of nitrogens with one attached hydrogen (secondary N) is 1. The Bertz CT molecular complexity index is 780. The summed E-state index contributed by atoms with van der Waals surface area (Å²) in [5.74, 6) is -0.186. The second kappa shape index (κ2) is 8.67. The molecule has 5 nitrogen and oxygen atoms in total. The number of rotatable bonds is 8. The molecule has 1 aliphatic rings. The van der Waals surface area contributed by atoms with Gasteiger partial charge in [0, 0.05) is 30.2 Å². The third-order valence-electron chi connectivity index (χ3n) is 4.89. The van der Waals surface area contributed by atoms with Gasteiger partial charge in [-0.15, -0.1) is 11.3 Å². The fourth-order valence-electron chi connectivity index (χ4n) is 3.15. The Labute approximate surface area is 165 Å². The van der Waals surface area contributed by atoms with Gasteiger partial charge in [0.15, 0.2) is 0 Å². The summed E-state index contributed by atoms with van der Waals surface area (Å²) in [6.45, 7) is 5.15. The van der Waals surface area contributed by atoms with Crippen LogP contribution in [0.2, 0.25) is 0 Å². The Balaban J connectivity index is 1.54. The SMILES string of the molecule is Cc1cccc(C)c1NC(=O)CN(C)C(=O)CN(Cc1cccs1)C1CC1. The van der Waals surface area contributed by atoms with E-state index in [0.29, 0.717) is 12.6 Å². The molecule has 1 aromatic heterocycles. The highest BCUT2D eigenvalue weighted by Gasteiger charge is 2.31. The number of thiophene rings is 1. The topological polar surface area (TPSA) is 52.7 Å². The zero-order valence-corrected chi connectivity index (χ0v) is 17.0. The lowest BCUT2D eigenvalue weighted by molar-refractivity contribution is -0.134. The molecule has 2 amide bonds. The van der Waals surface area contributed by atoms with Crippen LogP contribution in [0.25, 0.3) is 0 Å². The van der Waals surface area contributed by atoms with E-state index in [1.165, 1.54) is 9.78 Å². The van der Waals surface area contributed by atoms with E-state index >= 15 is 0 Å². The van der Waals surface area contributed by atoms with E-state index in [2.05, 4.69) is 21.7 Å². The number of aryl methyl sites for hydroxylation is 2. The molecule has 1 aromatic carbocycles. The predicted octanol–water partition coefficient (Wildman–Crippen LogP) is 3.43. The summed E-state index contributed by atoms with van der Waals surface area (Å²) in [6, 6.07) is 10.5. The molecular weight excluding hydrogens is 358 g/mol. The summed E-state index contributed by atoms with van der Waals surface area (Å²) in [5, 5.41) is 5.01. The predicted molar refractivity (Wildman–Crippen MR) is 110 cm³/mol. The minimum Gasteiger partial charge on any atom is -0.335 e. The fraction of sp³-hybridized carbons (Fsp3) is 0.429. The third-order valence-corrected chi connectivity index (χ3v) is 5.75. The molecule has 0 bridgehead atoms. The molecule has 0 radical (unpaired) electrons. The van der Waals surface area contributed by atoms with Crippen LogP contribution < -0.4 is 5.32 Å². The maximum atomic E-state index is 12.6. The molecule has 1 heterocycles. The molecule has 1 saturated carbocycles. The van der Waals surface area contributed by atoms with Crippen LogP contribution in [-0.2, 0) is 16.1 Å². The standard InChI is InChI=1S/C21H27N3O2S/c1-15-6-4-7-16(2)21(15)22-19(25)13-23(3)20(26)14-24(17-9-10-17)12-18-8-5-11-27-18/h4-8,11,17H,9-10,12-14H2,1-3H3,(H,22,25). The monoisotopic (exact) mass is 385 g/mol. The molecule has 1 aliphatic carbocycles. The fourth-order valence-corrected chi connectivity index (χ4v) is 3.87. The van der Waals surface area contributed by atoms with Gasteiger partial charge in [-0.25, -0.2) is 0 Å². The Morgan fingerprint density at radius 2 is 1.81 bits per heavy atom. The van der Waals surface area contributed by atoms with Crippen LogP contribution in [0.15, 0.2) is 35.7 Å². The van der Waals surface area contributed by atoms with Crippen LogP contribution >= 0.6 is 11.3 Å². The minimum atomic E-state index is -0.167. The number of hydrogen-bond acceptors (Lipinski definition) is 4. The van der Waals surface area contributed by atoms with Crippen molar-refractivity contribution in [2.75, 3.05) is 25.5 Å². The molecule has 1 N–H and O–H groups in total. The highest BCUT2D eigenvalue weighted by Crippen LogP contribution is 2.29. The lowest BCUT2D eigenvalue weighted by Gasteiger charge is -2.24. The van der Waals surface area contributed by atoms with Crippen molar-refractivity contribution in [3.8, 4) is 0 Å². The lowest BCUT2D eigenvalue weighted by Crippen LogP contribution is -2.42. The number of anilines is 1. The van der Waals surface area contributed by atoms with Gasteiger partial charge in [-0.1, -0.05) is 24.3 Å². The van der Waals surface area contributed by atoms with E-state index in [9.17, 15) is 9.59 Å². The van der Waals surface area contributed by atoms with Crippen LogP contribution in [0.4, 0.5) is 5.69 Å². The number of hydrogen-bond donors (Lipinski definition) is 1. The second-order valence-electron chi connectivity index (χ2n) is 7.28. The van der Waals surface area contributed by atoms with Crippen molar-refractivity contribution in [2.24, 2.45) is 0 Å². The molecule has 1 fully saturated rings. The molecule has 0 spiro atoms. The second-order valence-corrected chi connectivity index (χ2v) is 8.31. The molecule has 0 atom stereocenters. The number of likely N-dealkylation sites (N-methyl/N-ethyl adjacent to an activating group) is 1. The van der Waals surface area contributed by atoms with Gasteiger partial charge in [-0.3, -0.25) is 14.5 Å². The quantitative estimate of drug-likeness (QED) is 0.757. The first-order chi connectivity index (χ1) is 12.9. The summed E-state index contributed by atoms with van der Waals surface area (Å²) in [6.07, 6.45) is 2.30. The molecule has 0 unspecified atom stereocenters. The Kier molecular flexibility index (Phi) is 6.29. The Hall–Kier alpha value is -2.18. The Morgan fingerprint density at radius 1 is 1.11 bits per heavy atom. The first-order valence-electron chi connectivity index (χ1n) is 9.30. The van der Waals surface area contributed by atoms with E-state index in [1.807, 2.05) is 38.1 Å². The van der Waals surface area contributed by atoms with Gasteiger partial charge in [0.05, 0.1) is 13.1 Å². The van der Waals surface area contributed by atoms with E-state index in [0.717, 1.165) is 36.2 Å². The van der Waals surface area contributed by atoms with Gasteiger partial charge in [-0.2, -0.15) is 0 Å². The van der Waals surface area contributed by atoms with Gasteiger partial charge in [0.1, 0.15) is 0 Å². The Morgan fingerprint density at radius 3 is 2.41 bits per heavy atom. The molecule has 2 aromatic rings. The zero-order chi connectivity index (χ0) is 19.4. The number of nitrogens with zero attached hydrogens (tertiary/aromatic N) is 2. The summed E-state index contributed by atoms with van der Waals surface area (Å²) < 4.78 is 0. The zero-order valence-electron chi connectivity index (χ0n) is 16.2. The van der Waals surface area contributed by atoms with E-state index in [4.69, 9.17) is 0 Å².